The van der Waals surface area contributed by atoms with Gasteiger partial charge in [-0.1, -0.05) is 37.1 Å². The van der Waals surface area contributed by atoms with Crippen LogP contribution in [0.4, 0.5) is 11.8 Å². The van der Waals surface area contributed by atoms with Crippen molar-refractivity contribution in [1.82, 2.24) is 4.98 Å². The van der Waals surface area contributed by atoms with Gasteiger partial charge in [0.1, 0.15) is 0 Å². The molecule has 0 spiro atoms. The van der Waals surface area contributed by atoms with Crippen molar-refractivity contribution in [3.05, 3.63) is 17.0 Å². The molecule has 1 aromatic heterocycles. The van der Waals surface area contributed by atoms with Gasteiger partial charge in [-0.3, -0.25) is 5.73 Å². The average Bonchev–Trinajstić information content (AvgIpc) is 2.29. The lowest BCUT2D eigenvalue weighted by molar-refractivity contribution is -0.599. The van der Waals surface area contributed by atoms with Crippen LogP contribution in [0.15, 0.2) is 6.07 Å². The molecular formula is C13H22N4O. The van der Waals surface area contributed by atoms with E-state index in [0.29, 0.717) is 16.5 Å². The van der Waals surface area contributed by atoms with Crippen LogP contribution in [-0.2, 0) is 0 Å². The van der Waals surface area contributed by atoms with Crippen molar-refractivity contribution in [2.45, 2.75) is 57.9 Å². The van der Waals surface area contributed by atoms with Crippen LogP contribution < -0.4 is 15.8 Å². The Kier molecular flexibility index (Phi) is 4.23. The van der Waals surface area contributed by atoms with E-state index in [1.165, 1.54) is 44.9 Å². The van der Waals surface area contributed by atoms with Crippen LogP contribution in [0.25, 0.3) is 0 Å². The number of hydrogen-bond donors (Lipinski definition) is 2. The molecule has 1 aromatic rings. The topological polar surface area (TPSA) is 77.9 Å². The Morgan fingerprint density at radius 3 is 2.50 bits per heavy atom. The van der Waals surface area contributed by atoms with Gasteiger partial charge in [0.2, 0.25) is 5.82 Å². The van der Waals surface area contributed by atoms with Crippen LogP contribution in [0.5, 0.6) is 0 Å². The first kappa shape index (κ1) is 12.9. The third-order valence-corrected chi connectivity index (χ3v) is 3.57. The Labute approximate surface area is 108 Å². The number of nitrogens with two attached hydrogens (primary N) is 1. The Morgan fingerprint density at radius 1 is 1.28 bits per heavy atom. The Morgan fingerprint density at radius 2 is 1.89 bits per heavy atom. The van der Waals surface area contributed by atoms with Crippen LogP contribution in [0.1, 0.15) is 50.6 Å². The van der Waals surface area contributed by atoms with Crippen LogP contribution in [0, 0.1) is 12.1 Å². The molecule has 0 bridgehead atoms. The zero-order valence-electron chi connectivity index (χ0n) is 11.0. The van der Waals surface area contributed by atoms with Gasteiger partial charge in [-0.2, -0.15) is 0 Å². The zero-order valence-corrected chi connectivity index (χ0v) is 11.0. The normalized spacial score (nSPS) is 18.1. The number of aryl methyl sites for hydroxylation is 1. The summed E-state index contributed by atoms with van der Waals surface area (Å²) < 4.78 is 0.656. The largest absolute Gasteiger partial charge is 0.740 e. The summed E-state index contributed by atoms with van der Waals surface area (Å²) in [7, 11) is 0. The van der Waals surface area contributed by atoms with E-state index < -0.39 is 0 Å². The van der Waals surface area contributed by atoms with Crippen molar-refractivity contribution < 1.29 is 4.73 Å². The fourth-order valence-electron chi connectivity index (χ4n) is 2.52. The molecule has 1 heterocycles. The molecule has 0 unspecified atom stereocenters. The number of nitrogens with one attached hydrogen (secondary N) is 1. The smallest absolute Gasteiger partial charge is 0.392 e. The third kappa shape index (κ3) is 3.24. The van der Waals surface area contributed by atoms with Crippen molar-refractivity contribution in [3.8, 4) is 0 Å². The van der Waals surface area contributed by atoms with Crippen molar-refractivity contribution >= 4 is 11.8 Å². The standard InChI is InChI=1S/C13H22N4O/c1-10-9-12(16-13(14)17(10)18)15-11-7-5-3-2-4-6-8-11/h9,11H,2-8H2,1H3,(H3,14,15,16). The maximum Gasteiger partial charge on any atom is 0.392 e. The number of nitrogens with zero attached hydrogens (tertiary/aromatic N) is 2. The average molecular weight is 250 g/mol. The maximum absolute atomic E-state index is 11.4. The van der Waals surface area contributed by atoms with Gasteiger partial charge < -0.3 is 10.5 Å². The van der Waals surface area contributed by atoms with Gasteiger partial charge in [0.15, 0.2) is 0 Å². The van der Waals surface area contributed by atoms with Crippen molar-refractivity contribution in [2.75, 3.05) is 11.1 Å². The molecule has 3 N–H and O–H groups in total. The first-order valence-electron chi connectivity index (χ1n) is 6.80. The van der Waals surface area contributed by atoms with Crippen molar-refractivity contribution in [1.29, 1.82) is 0 Å². The van der Waals surface area contributed by atoms with E-state index in [1.807, 2.05) is 0 Å². The number of anilines is 2. The first-order valence-corrected chi connectivity index (χ1v) is 6.80. The number of nitrogen functional groups attached to an aromatic ring is 1. The highest BCUT2D eigenvalue weighted by atomic mass is 16.5. The molecule has 0 atom stereocenters. The number of hydrogen-bond acceptors (Lipinski definition) is 4. The van der Waals surface area contributed by atoms with Gasteiger partial charge in [0.25, 0.3) is 0 Å². The highest BCUT2D eigenvalue weighted by Crippen LogP contribution is 2.20. The van der Waals surface area contributed by atoms with Gasteiger partial charge in [-0.05, 0) is 19.8 Å². The molecule has 1 saturated carbocycles. The second-order valence-corrected chi connectivity index (χ2v) is 5.12. The summed E-state index contributed by atoms with van der Waals surface area (Å²) in [6.45, 7) is 1.74. The molecular weight excluding hydrogens is 228 g/mol. The van der Waals surface area contributed by atoms with E-state index >= 15 is 0 Å². The van der Waals surface area contributed by atoms with E-state index in [-0.39, 0.29) is 5.95 Å². The van der Waals surface area contributed by atoms with Crippen molar-refractivity contribution in [2.24, 2.45) is 0 Å². The summed E-state index contributed by atoms with van der Waals surface area (Å²) in [6, 6.07) is 2.22. The Bertz CT molecular complexity index is 377. The van der Waals surface area contributed by atoms with Crippen LogP contribution in [0.2, 0.25) is 0 Å². The van der Waals surface area contributed by atoms with Gasteiger partial charge >= 0.3 is 5.95 Å². The molecule has 0 aliphatic heterocycles. The molecule has 0 aromatic carbocycles. The maximum atomic E-state index is 11.4. The van der Waals surface area contributed by atoms with E-state index in [1.54, 1.807) is 13.0 Å². The second kappa shape index (κ2) is 5.89. The Balaban J connectivity index is 2.03. The molecule has 0 saturated heterocycles. The summed E-state index contributed by atoms with van der Waals surface area (Å²) >= 11 is 0. The number of rotatable bonds is 2. The van der Waals surface area contributed by atoms with E-state index in [9.17, 15) is 5.21 Å². The molecule has 100 valence electrons. The van der Waals surface area contributed by atoms with E-state index in [4.69, 9.17) is 5.73 Å². The molecule has 0 amide bonds. The predicted molar refractivity (Wildman–Crippen MR) is 72.1 cm³/mol. The SMILES string of the molecule is Cc1cc(NC2CCCCCCC2)nc(N)[n+]1[O-]. The minimum absolute atomic E-state index is 0.0170. The second-order valence-electron chi connectivity index (χ2n) is 5.12. The lowest BCUT2D eigenvalue weighted by Crippen LogP contribution is -2.36. The van der Waals surface area contributed by atoms with Crippen LogP contribution >= 0.6 is 0 Å². The summed E-state index contributed by atoms with van der Waals surface area (Å²) in [5.41, 5.74) is 6.16. The summed E-state index contributed by atoms with van der Waals surface area (Å²) in [5.74, 6) is 0.742. The summed E-state index contributed by atoms with van der Waals surface area (Å²) in [5, 5.41) is 14.8. The van der Waals surface area contributed by atoms with Crippen LogP contribution in [0.3, 0.4) is 0 Å². The van der Waals surface area contributed by atoms with E-state index in [0.717, 1.165) is 5.82 Å². The molecule has 1 aliphatic carbocycles. The zero-order chi connectivity index (χ0) is 13.0. The molecule has 1 aliphatic rings. The molecule has 5 nitrogen and oxygen atoms in total. The fraction of sp³-hybridized carbons (Fsp3) is 0.692. The van der Waals surface area contributed by atoms with Crippen molar-refractivity contribution in [3.63, 3.8) is 0 Å². The molecule has 1 fully saturated rings. The third-order valence-electron chi connectivity index (χ3n) is 3.57. The highest BCUT2D eigenvalue weighted by molar-refractivity contribution is 5.38. The van der Waals surface area contributed by atoms with E-state index in [2.05, 4.69) is 10.3 Å². The minimum Gasteiger partial charge on any atom is -0.740 e. The summed E-state index contributed by atoms with van der Waals surface area (Å²) in [6.07, 6.45) is 8.88. The first-order chi connectivity index (χ1) is 8.66. The highest BCUT2D eigenvalue weighted by Gasteiger charge is 2.15. The molecule has 18 heavy (non-hydrogen) atoms. The quantitative estimate of drug-likeness (QED) is 0.622. The molecule has 5 heteroatoms. The summed E-state index contributed by atoms with van der Waals surface area (Å²) in [4.78, 5) is 4.10. The number of aromatic nitrogens is 2. The lowest BCUT2D eigenvalue weighted by Gasteiger charge is -2.21. The fourth-order valence-corrected chi connectivity index (χ4v) is 2.52. The Hall–Kier alpha value is -1.52. The van der Waals surface area contributed by atoms with Gasteiger partial charge in [-0.25, -0.2) is 4.73 Å². The molecule has 0 radical (unpaired) electrons. The monoisotopic (exact) mass is 250 g/mol. The predicted octanol–water partition coefficient (Wildman–Crippen LogP) is 2.13. The van der Waals surface area contributed by atoms with Crippen LogP contribution in [-0.4, -0.2) is 11.0 Å². The minimum atomic E-state index is 0.0170. The molecule has 2 rings (SSSR count). The lowest BCUT2D eigenvalue weighted by atomic mass is 9.97. The van der Waals surface area contributed by atoms with Gasteiger partial charge in [0.05, 0.1) is 5.69 Å². The van der Waals surface area contributed by atoms with Gasteiger partial charge in [0, 0.05) is 12.1 Å². The van der Waals surface area contributed by atoms with Gasteiger partial charge in [-0.15, -0.1) is 0 Å².